The molecule has 0 radical (unpaired) electrons. The fourth-order valence-corrected chi connectivity index (χ4v) is 6.11. The summed E-state index contributed by atoms with van der Waals surface area (Å²) in [7, 11) is 0. The lowest BCUT2D eigenvalue weighted by atomic mass is 10.0. The van der Waals surface area contributed by atoms with Gasteiger partial charge in [0.05, 0.1) is 23.4 Å². The molecule has 9 aromatic rings. The topological polar surface area (TPSA) is 43.6 Å². The van der Waals surface area contributed by atoms with Crippen molar-refractivity contribution in [2.45, 2.75) is 0 Å². The molecular formula is C45H30N4. The molecule has 0 saturated heterocycles. The summed E-state index contributed by atoms with van der Waals surface area (Å²) in [6.45, 7) is 0. The van der Waals surface area contributed by atoms with Gasteiger partial charge in [0.15, 0.2) is 11.6 Å². The van der Waals surface area contributed by atoms with Crippen molar-refractivity contribution >= 4 is 21.8 Å². The van der Waals surface area contributed by atoms with Gasteiger partial charge in [-0.25, -0.2) is 4.98 Å². The zero-order chi connectivity index (χ0) is 40.4. The molecule has 9 rings (SSSR count). The van der Waals surface area contributed by atoms with Crippen molar-refractivity contribution in [3.05, 3.63) is 182 Å². The van der Waals surface area contributed by atoms with Gasteiger partial charge in [-0.1, -0.05) is 164 Å². The number of hydrogen-bond donors (Lipinski definition) is 0. The lowest BCUT2D eigenvalue weighted by molar-refractivity contribution is 0.953. The standard InChI is InChI=1S/C45H30N4/c1-4-13-31(14-5-1)34-23-25-35(26-24-34)43-46-44(38-20-12-19-36(29-38)32-15-6-2-7-16-32)48-45(47-43)49-41-22-11-10-21-39(41)40-28-27-37(30-42(40)49)33-17-8-3-9-18-33/h1-30H/i3D,8D,9D,10D,11D,17D,18D,21D,22D. The molecule has 4 heteroatoms. The molecule has 0 fully saturated rings. The van der Waals surface area contributed by atoms with Crippen molar-refractivity contribution in [1.82, 2.24) is 19.5 Å². The van der Waals surface area contributed by atoms with Gasteiger partial charge in [0.2, 0.25) is 5.95 Å². The number of rotatable bonds is 6. The van der Waals surface area contributed by atoms with E-state index in [0.29, 0.717) is 33.7 Å². The van der Waals surface area contributed by atoms with Crippen LogP contribution in [0.1, 0.15) is 12.3 Å². The number of fused-ring (bicyclic) bond motifs is 3. The molecule has 0 amide bonds. The largest absolute Gasteiger partial charge is 0.278 e. The Kier molecular flexibility index (Phi) is 5.11. The number of hydrogen-bond acceptors (Lipinski definition) is 3. The highest BCUT2D eigenvalue weighted by Crippen LogP contribution is 2.35. The maximum atomic E-state index is 9.17. The summed E-state index contributed by atoms with van der Waals surface area (Å²) in [5, 5.41) is 0.648. The van der Waals surface area contributed by atoms with Crippen molar-refractivity contribution in [3.63, 3.8) is 0 Å². The van der Waals surface area contributed by atoms with Gasteiger partial charge in [0, 0.05) is 21.9 Å². The third-order valence-corrected chi connectivity index (χ3v) is 8.49. The number of para-hydroxylation sites is 1. The van der Waals surface area contributed by atoms with Crippen LogP contribution in [0, 0.1) is 0 Å². The van der Waals surface area contributed by atoms with E-state index in [1.54, 1.807) is 22.8 Å². The van der Waals surface area contributed by atoms with Crippen LogP contribution in [-0.4, -0.2) is 19.5 Å². The average Bonchev–Trinajstić information content (AvgIpc) is 3.61. The third-order valence-electron chi connectivity index (χ3n) is 8.49. The summed E-state index contributed by atoms with van der Waals surface area (Å²) in [6.07, 6.45) is 0. The van der Waals surface area contributed by atoms with Gasteiger partial charge < -0.3 is 0 Å². The second kappa shape index (κ2) is 12.2. The quantitative estimate of drug-likeness (QED) is 0.183. The van der Waals surface area contributed by atoms with Crippen LogP contribution in [0.2, 0.25) is 0 Å². The highest BCUT2D eigenvalue weighted by molar-refractivity contribution is 6.10. The normalized spacial score (nSPS) is 13.8. The van der Waals surface area contributed by atoms with Crippen LogP contribution in [0.15, 0.2) is 182 Å². The summed E-state index contributed by atoms with van der Waals surface area (Å²) in [5.41, 5.74) is 6.01. The Hall–Kier alpha value is -6.65. The van der Waals surface area contributed by atoms with Crippen molar-refractivity contribution in [3.8, 4) is 62.1 Å². The molecule has 2 aromatic heterocycles. The van der Waals surface area contributed by atoms with Gasteiger partial charge in [-0.3, -0.25) is 4.57 Å². The van der Waals surface area contributed by atoms with Gasteiger partial charge >= 0.3 is 0 Å². The van der Waals surface area contributed by atoms with Crippen LogP contribution in [0.4, 0.5) is 0 Å². The molecule has 0 aliphatic heterocycles. The molecular weight excluding hydrogens is 597 g/mol. The molecule has 0 aliphatic carbocycles. The highest BCUT2D eigenvalue weighted by Gasteiger charge is 2.19. The van der Waals surface area contributed by atoms with Gasteiger partial charge in [0.1, 0.15) is 0 Å². The molecule has 0 spiro atoms. The molecule has 0 N–H and O–H groups in total. The number of nitrogens with zero attached hydrogens (tertiary/aromatic N) is 4. The van der Waals surface area contributed by atoms with Gasteiger partial charge in [0.25, 0.3) is 0 Å². The molecule has 0 atom stereocenters. The van der Waals surface area contributed by atoms with Crippen LogP contribution < -0.4 is 0 Å². The Morgan fingerprint density at radius 2 is 0.918 bits per heavy atom. The molecule has 0 saturated carbocycles. The van der Waals surface area contributed by atoms with Crippen LogP contribution in [0.25, 0.3) is 83.9 Å². The van der Waals surface area contributed by atoms with E-state index in [0.717, 1.165) is 22.3 Å². The predicted molar refractivity (Wildman–Crippen MR) is 201 cm³/mol. The van der Waals surface area contributed by atoms with Gasteiger partial charge in [-0.2, -0.15) is 9.97 Å². The maximum Gasteiger partial charge on any atom is 0.238 e. The Balaban J connectivity index is 1.35. The first-order chi connectivity index (χ1) is 28.0. The fraction of sp³-hybridized carbons (Fsp3) is 0. The van der Waals surface area contributed by atoms with Crippen molar-refractivity contribution in [1.29, 1.82) is 0 Å². The van der Waals surface area contributed by atoms with E-state index in [-0.39, 0.29) is 52.1 Å². The lowest BCUT2D eigenvalue weighted by Gasteiger charge is -2.12. The van der Waals surface area contributed by atoms with Crippen molar-refractivity contribution in [2.24, 2.45) is 0 Å². The third kappa shape index (κ3) is 5.35. The Morgan fingerprint density at radius 1 is 0.367 bits per heavy atom. The van der Waals surface area contributed by atoms with E-state index >= 15 is 0 Å². The predicted octanol–water partition coefficient (Wildman–Crippen LogP) is 11.3. The molecule has 4 nitrogen and oxygen atoms in total. The van der Waals surface area contributed by atoms with Crippen LogP contribution >= 0.6 is 0 Å². The lowest BCUT2D eigenvalue weighted by Crippen LogP contribution is -2.06. The SMILES string of the molecule is [2H]c1c([2H])c([2H])c(-c2ccc3c4c([2H])c([2H])c([2H])c([2H])c4n(-c4nc(-c5ccc(-c6ccccc6)cc5)nc(-c5cccc(-c6ccccc6)c5)n4)c3c2)c([2H])c1[2H]. The molecule has 0 unspecified atom stereocenters. The Bertz CT molecular complexity index is 3070. The second-order valence-corrected chi connectivity index (χ2v) is 11.5. The second-order valence-electron chi connectivity index (χ2n) is 11.5. The van der Waals surface area contributed by atoms with Gasteiger partial charge in [-0.05, 0) is 51.6 Å². The first-order valence-electron chi connectivity index (χ1n) is 20.2. The van der Waals surface area contributed by atoms with Crippen LogP contribution in [0.3, 0.4) is 0 Å². The minimum Gasteiger partial charge on any atom is -0.278 e. The highest BCUT2D eigenvalue weighted by atomic mass is 15.2. The smallest absolute Gasteiger partial charge is 0.238 e. The van der Waals surface area contributed by atoms with E-state index in [4.69, 9.17) is 27.3 Å². The molecule has 7 aromatic carbocycles. The minimum absolute atomic E-state index is 0.0301. The van der Waals surface area contributed by atoms with Gasteiger partial charge in [-0.15, -0.1) is 0 Å². The molecule has 0 bridgehead atoms. The summed E-state index contributed by atoms with van der Waals surface area (Å²) < 4.78 is 79.2. The molecule has 49 heavy (non-hydrogen) atoms. The van der Waals surface area contributed by atoms with E-state index in [1.165, 1.54) is 0 Å². The zero-order valence-corrected chi connectivity index (χ0v) is 25.9. The minimum atomic E-state index is -0.518. The number of benzene rings is 7. The fourth-order valence-electron chi connectivity index (χ4n) is 6.11. The monoisotopic (exact) mass is 635 g/mol. The molecule has 0 aliphatic rings. The van der Waals surface area contributed by atoms with Crippen LogP contribution in [0.5, 0.6) is 0 Å². The summed E-state index contributed by atoms with van der Waals surface area (Å²) >= 11 is 0. The van der Waals surface area contributed by atoms with E-state index in [2.05, 4.69) is 0 Å². The van der Waals surface area contributed by atoms with E-state index in [9.17, 15) is 0 Å². The Labute approximate surface area is 297 Å². The van der Waals surface area contributed by atoms with Crippen molar-refractivity contribution in [2.75, 3.05) is 0 Å². The van der Waals surface area contributed by atoms with E-state index in [1.807, 2.05) is 109 Å². The molecule has 2 heterocycles. The summed E-state index contributed by atoms with van der Waals surface area (Å²) in [4.78, 5) is 15.0. The molecule has 230 valence electrons. The Morgan fingerprint density at radius 3 is 1.67 bits per heavy atom. The first kappa shape index (κ1) is 20.6. The average molecular weight is 636 g/mol. The van der Waals surface area contributed by atoms with Crippen LogP contribution in [-0.2, 0) is 0 Å². The summed E-state index contributed by atoms with van der Waals surface area (Å²) in [6, 6.07) is 36.5. The van der Waals surface area contributed by atoms with Crippen molar-refractivity contribution < 1.29 is 12.3 Å². The zero-order valence-electron chi connectivity index (χ0n) is 34.9. The first-order valence-corrected chi connectivity index (χ1v) is 15.7. The number of aromatic nitrogens is 4. The maximum absolute atomic E-state index is 9.17. The van der Waals surface area contributed by atoms with E-state index < -0.39 is 30.2 Å². The summed E-state index contributed by atoms with van der Waals surface area (Å²) in [5.74, 6) is 0.672.